The first kappa shape index (κ1) is 18.6. The van der Waals surface area contributed by atoms with Crippen LogP contribution in [-0.4, -0.2) is 31.6 Å². The highest BCUT2D eigenvalue weighted by Gasteiger charge is 2.29. The quantitative estimate of drug-likeness (QED) is 0.838. The highest BCUT2D eigenvalue weighted by molar-refractivity contribution is 5.85. The van der Waals surface area contributed by atoms with E-state index in [2.05, 4.69) is 10.6 Å². The lowest BCUT2D eigenvalue weighted by molar-refractivity contribution is -0.127. The molecule has 0 bridgehead atoms. The number of halogens is 3. The Bertz CT molecular complexity index is 512. The van der Waals surface area contributed by atoms with Gasteiger partial charge in [-0.2, -0.15) is 0 Å². The fourth-order valence-corrected chi connectivity index (χ4v) is 2.10. The third-order valence-electron chi connectivity index (χ3n) is 3.71. The summed E-state index contributed by atoms with van der Waals surface area (Å²) in [4.78, 5) is 12.0. The highest BCUT2D eigenvalue weighted by Crippen LogP contribution is 2.18. The zero-order valence-electron chi connectivity index (χ0n) is 12.6. The predicted molar refractivity (Wildman–Crippen MR) is 82.2 cm³/mol. The Balaban J connectivity index is 0.00000242. The van der Waals surface area contributed by atoms with Crippen LogP contribution in [0.1, 0.15) is 13.8 Å². The molecule has 2 unspecified atom stereocenters. The van der Waals surface area contributed by atoms with Crippen molar-refractivity contribution < 1.29 is 18.3 Å². The van der Waals surface area contributed by atoms with Crippen LogP contribution in [0, 0.1) is 23.5 Å². The molecular formula is C15H21ClF2N2O2. The minimum absolute atomic E-state index is 0. The van der Waals surface area contributed by atoms with Crippen molar-refractivity contribution in [3.05, 3.63) is 29.8 Å². The minimum Gasteiger partial charge on any atom is -0.488 e. The maximum Gasteiger partial charge on any atom is 0.223 e. The summed E-state index contributed by atoms with van der Waals surface area (Å²) in [6.45, 7) is 5.53. The summed E-state index contributed by atoms with van der Waals surface area (Å²) in [6.07, 6.45) is 0. The van der Waals surface area contributed by atoms with Crippen molar-refractivity contribution in [3.8, 4) is 5.75 Å². The third kappa shape index (κ3) is 4.81. The number of ether oxygens (including phenoxy) is 1. The van der Waals surface area contributed by atoms with Gasteiger partial charge >= 0.3 is 0 Å². The Hall–Kier alpha value is -1.40. The summed E-state index contributed by atoms with van der Waals surface area (Å²) < 4.78 is 31.4. The van der Waals surface area contributed by atoms with E-state index in [4.69, 9.17) is 4.74 Å². The van der Waals surface area contributed by atoms with Gasteiger partial charge < -0.3 is 15.4 Å². The molecule has 2 rings (SSSR count). The van der Waals surface area contributed by atoms with E-state index >= 15 is 0 Å². The number of benzene rings is 1. The molecule has 0 aliphatic carbocycles. The Morgan fingerprint density at radius 1 is 1.41 bits per heavy atom. The molecule has 1 amide bonds. The van der Waals surface area contributed by atoms with Gasteiger partial charge in [0, 0.05) is 12.0 Å². The lowest BCUT2D eigenvalue weighted by Crippen LogP contribution is -2.51. The van der Waals surface area contributed by atoms with Crippen LogP contribution < -0.4 is 15.4 Å². The fraction of sp³-hybridized carbons (Fsp3) is 0.533. The lowest BCUT2D eigenvalue weighted by atomic mass is 9.88. The van der Waals surface area contributed by atoms with Crippen molar-refractivity contribution in [2.75, 3.05) is 19.7 Å². The second kappa shape index (κ2) is 8.29. The van der Waals surface area contributed by atoms with Crippen LogP contribution >= 0.6 is 12.4 Å². The standard InChI is InChI=1S/C15H20F2N2O2.ClH/c1-9(19-15(20)10(2)11-6-18-7-11)8-21-14-4-3-12(16)5-13(14)17;/h3-5,9-11,18H,6-8H2,1-2H3,(H,19,20);1H. The third-order valence-corrected chi connectivity index (χ3v) is 3.71. The van der Waals surface area contributed by atoms with Gasteiger partial charge in [0.1, 0.15) is 12.4 Å². The molecule has 0 aromatic heterocycles. The maximum absolute atomic E-state index is 13.4. The van der Waals surface area contributed by atoms with E-state index in [1.807, 2.05) is 6.92 Å². The van der Waals surface area contributed by atoms with E-state index in [9.17, 15) is 13.6 Å². The molecule has 1 aromatic rings. The fourth-order valence-electron chi connectivity index (χ4n) is 2.10. The molecule has 22 heavy (non-hydrogen) atoms. The summed E-state index contributed by atoms with van der Waals surface area (Å²) in [7, 11) is 0. The van der Waals surface area contributed by atoms with Gasteiger partial charge in [0.25, 0.3) is 0 Å². The van der Waals surface area contributed by atoms with Crippen molar-refractivity contribution in [2.24, 2.45) is 11.8 Å². The Morgan fingerprint density at radius 3 is 2.64 bits per heavy atom. The summed E-state index contributed by atoms with van der Waals surface area (Å²) in [5.41, 5.74) is 0. The molecule has 2 N–H and O–H groups in total. The van der Waals surface area contributed by atoms with E-state index < -0.39 is 11.6 Å². The van der Waals surface area contributed by atoms with Crippen LogP contribution in [0.25, 0.3) is 0 Å². The van der Waals surface area contributed by atoms with Crippen LogP contribution in [-0.2, 0) is 4.79 Å². The number of carbonyl (C=O) groups is 1. The zero-order valence-corrected chi connectivity index (χ0v) is 13.4. The van der Waals surface area contributed by atoms with Gasteiger partial charge in [-0.1, -0.05) is 6.92 Å². The molecular weight excluding hydrogens is 314 g/mol. The Kier molecular flexibility index (Phi) is 7.03. The predicted octanol–water partition coefficient (Wildman–Crippen LogP) is 2.13. The van der Waals surface area contributed by atoms with Gasteiger partial charge in [0.15, 0.2) is 11.6 Å². The van der Waals surface area contributed by atoms with E-state index in [0.717, 1.165) is 25.2 Å². The van der Waals surface area contributed by atoms with Crippen LogP contribution in [0.5, 0.6) is 5.75 Å². The average Bonchev–Trinajstić information content (AvgIpc) is 2.35. The molecule has 1 aliphatic rings. The average molecular weight is 335 g/mol. The highest BCUT2D eigenvalue weighted by atomic mass is 35.5. The largest absolute Gasteiger partial charge is 0.488 e. The van der Waals surface area contributed by atoms with Crippen molar-refractivity contribution in [1.29, 1.82) is 0 Å². The van der Waals surface area contributed by atoms with Crippen molar-refractivity contribution in [3.63, 3.8) is 0 Å². The van der Waals surface area contributed by atoms with Crippen molar-refractivity contribution >= 4 is 18.3 Å². The monoisotopic (exact) mass is 334 g/mol. The van der Waals surface area contributed by atoms with E-state index in [1.165, 1.54) is 6.07 Å². The number of hydrogen-bond donors (Lipinski definition) is 2. The normalized spacial score (nSPS) is 16.9. The summed E-state index contributed by atoms with van der Waals surface area (Å²) in [5.74, 6) is -1.14. The smallest absolute Gasteiger partial charge is 0.223 e. The topological polar surface area (TPSA) is 50.4 Å². The zero-order chi connectivity index (χ0) is 15.4. The van der Waals surface area contributed by atoms with Crippen LogP contribution in [0.4, 0.5) is 8.78 Å². The minimum atomic E-state index is -0.748. The molecule has 1 saturated heterocycles. The second-order valence-electron chi connectivity index (χ2n) is 5.50. The number of hydrogen-bond acceptors (Lipinski definition) is 3. The van der Waals surface area contributed by atoms with Gasteiger partial charge in [-0.05, 0) is 38.1 Å². The molecule has 0 spiro atoms. The lowest BCUT2D eigenvalue weighted by Gasteiger charge is -2.32. The van der Waals surface area contributed by atoms with Gasteiger partial charge in [-0.3, -0.25) is 4.79 Å². The second-order valence-corrected chi connectivity index (χ2v) is 5.50. The van der Waals surface area contributed by atoms with Crippen molar-refractivity contribution in [2.45, 2.75) is 19.9 Å². The van der Waals surface area contributed by atoms with E-state index in [-0.39, 0.29) is 42.6 Å². The van der Waals surface area contributed by atoms with Gasteiger partial charge in [-0.15, -0.1) is 12.4 Å². The van der Waals surface area contributed by atoms with Crippen LogP contribution in [0.2, 0.25) is 0 Å². The number of carbonyl (C=O) groups excluding carboxylic acids is 1. The Morgan fingerprint density at radius 2 is 2.09 bits per heavy atom. The number of amides is 1. The first-order chi connectivity index (χ1) is 9.97. The maximum atomic E-state index is 13.4. The van der Waals surface area contributed by atoms with Crippen LogP contribution in [0.15, 0.2) is 18.2 Å². The molecule has 1 aromatic carbocycles. The SMILES string of the molecule is CC(COc1ccc(F)cc1F)NC(=O)C(C)C1CNC1.Cl. The van der Waals surface area contributed by atoms with Gasteiger partial charge in [0.2, 0.25) is 5.91 Å². The molecule has 4 nitrogen and oxygen atoms in total. The summed E-state index contributed by atoms with van der Waals surface area (Å²) in [5, 5.41) is 5.97. The molecule has 1 heterocycles. The number of nitrogens with one attached hydrogen (secondary N) is 2. The van der Waals surface area contributed by atoms with Gasteiger partial charge in [-0.25, -0.2) is 8.78 Å². The molecule has 2 atom stereocenters. The number of rotatable bonds is 6. The molecule has 124 valence electrons. The summed E-state index contributed by atoms with van der Waals surface area (Å²) >= 11 is 0. The van der Waals surface area contributed by atoms with Crippen LogP contribution in [0.3, 0.4) is 0 Å². The first-order valence-electron chi connectivity index (χ1n) is 7.06. The van der Waals surface area contributed by atoms with E-state index in [0.29, 0.717) is 5.92 Å². The molecule has 0 saturated carbocycles. The molecule has 1 fully saturated rings. The molecule has 1 aliphatic heterocycles. The summed E-state index contributed by atoms with van der Waals surface area (Å²) in [6, 6.07) is 2.89. The molecule has 0 radical (unpaired) electrons. The Labute approximate surface area is 135 Å². The van der Waals surface area contributed by atoms with Crippen molar-refractivity contribution in [1.82, 2.24) is 10.6 Å². The van der Waals surface area contributed by atoms with E-state index in [1.54, 1.807) is 6.92 Å². The molecule has 7 heteroatoms. The first-order valence-corrected chi connectivity index (χ1v) is 7.06. The van der Waals surface area contributed by atoms with Gasteiger partial charge in [0.05, 0.1) is 6.04 Å².